The van der Waals surface area contributed by atoms with E-state index in [2.05, 4.69) is 26.2 Å². The fraction of sp³-hybridized carbons (Fsp3) is 0.0526. The van der Waals surface area contributed by atoms with Crippen molar-refractivity contribution in [3.05, 3.63) is 74.4 Å². The lowest BCUT2D eigenvalue weighted by molar-refractivity contribution is 0.561. The van der Waals surface area contributed by atoms with E-state index in [0.29, 0.717) is 16.8 Å². The van der Waals surface area contributed by atoms with Gasteiger partial charge < -0.3 is 9.73 Å². The number of para-hydroxylation sites is 2. The van der Waals surface area contributed by atoms with E-state index in [1.54, 1.807) is 0 Å². The molecule has 124 valence electrons. The highest BCUT2D eigenvalue weighted by molar-refractivity contribution is 9.10. The number of nitrogens with zero attached hydrogens (tertiary/aromatic N) is 1. The van der Waals surface area contributed by atoms with Gasteiger partial charge in [-0.2, -0.15) is 0 Å². The van der Waals surface area contributed by atoms with Crippen molar-refractivity contribution in [1.29, 1.82) is 0 Å². The molecule has 2 aromatic carbocycles. The first-order valence-corrected chi connectivity index (χ1v) is 9.30. The lowest BCUT2D eigenvalue weighted by Crippen LogP contribution is -2.03. The molecular formula is C19H13BrN2O2S. The first-order chi connectivity index (χ1) is 12.1. The Labute approximate surface area is 156 Å². The number of hydrogen-bond acceptors (Lipinski definition) is 5. The van der Waals surface area contributed by atoms with Crippen molar-refractivity contribution < 1.29 is 4.42 Å². The van der Waals surface area contributed by atoms with Gasteiger partial charge in [0, 0.05) is 16.5 Å². The van der Waals surface area contributed by atoms with Crippen LogP contribution in [0.2, 0.25) is 0 Å². The van der Waals surface area contributed by atoms with Crippen molar-refractivity contribution in [2.45, 2.75) is 6.92 Å². The van der Waals surface area contributed by atoms with Crippen LogP contribution in [0.3, 0.4) is 0 Å². The molecule has 0 saturated carbocycles. The van der Waals surface area contributed by atoms with Gasteiger partial charge in [0.05, 0.1) is 15.7 Å². The van der Waals surface area contributed by atoms with Crippen LogP contribution in [0.15, 0.2) is 67.6 Å². The number of hydrogen-bond donors (Lipinski definition) is 1. The highest BCUT2D eigenvalue weighted by atomic mass is 79.9. The second kappa shape index (κ2) is 6.46. The van der Waals surface area contributed by atoms with E-state index in [-0.39, 0.29) is 0 Å². The summed E-state index contributed by atoms with van der Waals surface area (Å²) in [6.45, 7) is 2.03. The molecule has 2 heterocycles. The van der Waals surface area contributed by atoms with Crippen LogP contribution in [-0.2, 0) is 0 Å². The first kappa shape index (κ1) is 16.1. The molecule has 0 aliphatic rings. The van der Waals surface area contributed by atoms with E-state index < -0.39 is 5.63 Å². The number of thiazole rings is 1. The molecular weight excluding hydrogens is 400 g/mol. The van der Waals surface area contributed by atoms with Gasteiger partial charge >= 0.3 is 5.63 Å². The van der Waals surface area contributed by atoms with E-state index in [1.807, 2.05) is 60.8 Å². The summed E-state index contributed by atoms with van der Waals surface area (Å²) in [5, 5.41) is 6.74. The minimum absolute atomic E-state index is 0.396. The Morgan fingerprint density at radius 3 is 2.84 bits per heavy atom. The van der Waals surface area contributed by atoms with Gasteiger partial charge in [0.15, 0.2) is 10.7 Å². The van der Waals surface area contributed by atoms with Crippen molar-refractivity contribution in [2.24, 2.45) is 0 Å². The van der Waals surface area contributed by atoms with Gasteiger partial charge in [-0.3, -0.25) is 0 Å². The van der Waals surface area contributed by atoms with Crippen molar-refractivity contribution in [2.75, 3.05) is 5.32 Å². The third-order valence-electron chi connectivity index (χ3n) is 3.88. The zero-order valence-corrected chi connectivity index (χ0v) is 15.6. The number of fused-ring (bicyclic) bond motifs is 1. The molecule has 0 aliphatic carbocycles. The maximum Gasteiger partial charge on any atom is 0.345 e. The third-order valence-corrected chi connectivity index (χ3v) is 5.26. The number of anilines is 2. The van der Waals surface area contributed by atoms with Crippen LogP contribution in [0, 0.1) is 6.92 Å². The molecule has 0 radical (unpaired) electrons. The van der Waals surface area contributed by atoms with Crippen LogP contribution in [-0.4, -0.2) is 4.98 Å². The Balaban J connectivity index is 1.73. The zero-order chi connectivity index (χ0) is 17.4. The predicted molar refractivity (Wildman–Crippen MR) is 106 cm³/mol. The predicted octanol–water partition coefficient (Wildman–Crippen LogP) is 5.73. The van der Waals surface area contributed by atoms with Gasteiger partial charge in [-0.15, -0.1) is 11.3 Å². The molecule has 4 rings (SSSR count). The smallest absolute Gasteiger partial charge is 0.345 e. The minimum Gasteiger partial charge on any atom is -0.421 e. The maximum absolute atomic E-state index is 12.4. The summed E-state index contributed by atoms with van der Waals surface area (Å²) < 4.78 is 6.22. The lowest BCUT2D eigenvalue weighted by Gasteiger charge is -2.05. The number of nitrogens with one attached hydrogen (secondary N) is 1. The standard InChI is InChI=1S/C19H13BrN2O2S/c1-11-5-2-3-8-15(11)21-19-22-16(10-25-19)13-9-12-6-4-7-14(20)17(12)24-18(13)23/h2-10H,1H3,(H,21,22). The normalized spacial score (nSPS) is 11.0. The van der Waals surface area contributed by atoms with Crippen molar-refractivity contribution in [3.8, 4) is 11.3 Å². The summed E-state index contributed by atoms with van der Waals surface area (Å²) in [5.41, 5.74) is 3.35. The van der Waals surface area contributed by atoms with E-state index in [0.717, 1.165) is 26.2 Å². The second-order valence-corrected chi connectivity index (χ2v) is 7.30. The van der Waals surface area contributed by atoms with Crippen molar-refractivity contribution in [3.63, 3.8) is 0 Å². The van der Waals surface area contributed by atoms with Crippen LogP contribution in [0.5, 0.6) is 0 Å². The van der Waals surface area contributed by atoms with Gasteiger partial charge in [0.2, 0.25) is 0 Å². The van der Waals surface area contributed by atoms with Gasteiger partial charge in [0.1, 0.15) is 0 Å². The SMILES string of the molecule is Cc1ccccc1Nc1nc(-c2cc3cccc(Br)c3oc2=O)cs1. The average molecular weight is 413 g/mol. The van der Waals surface area contributed by atoms with E-state index in [4.69, 9.17) is 4.42 Å². The topological polar surface area (TPSA) is 55.1 Å². The quantitative estimate of drug-likeness (QED) is 0.436. The van der Waals surface area contributed by atoms with Gasteiger partial charge in [-0.25, -0.2) is 9.78 Å². The molecule has 4 nitrogen and oxygen atoms in total. The maximum atomic E-state index is 12.4. The van der Waals surface area contributed by atoms with Crippen LogP contribution in [0.25, 0.3) is 22.2 Å². The third kappa shape index (κ3) is 3.10. The molecule has 25 heavy (non-hydrogen) atoms. The van der Waals surface area contributed by atoms with E-state index >= 15 is 0 Å². The monoisotopic (exact) mass is 412 g/mol. The van der Waals surface area contributed by atoms with Crippen molar-refractivity contribution >= 4 is 49.1 Å². The molecule has 0 atom stereocenters. The van der Waals surface area contributed by atoms with Gasteiger partial charge in [0.25, 0.3) is 0 Å². The molecule has 0 fully saturated rings. The number of aromatic nitrogens is 1. The molecule has 0 amide bonds. The molecule has 4 aromatic rings. The highest BCUT2D eigenvalue weighted by Crippen LogP contribution is 2.29. The summed E-state index contributed by atoms with van der Waals surface area (Å²) in [6.07, 6.45) is 0. The summed E-state index contributed by atoms with van der Waals surface area (Å²) in [4.78, 5) is 16.9. The molecule has 0 aliphatic heterocycles. The van der Waals surface area contributed by atoms with Crippen LogP contribution >= 0.6 is 27.3 Å². The van der Waals surface area contributed by atoms with Crippen molar-refractivity contribution in [1.82, 2.24) is 4.98 Å². The summed E-state index contributed by atoms with van der Waals surface area (Å²) in [6, 6.07) is 15.5. The first-order valence-electron chi connectivity index (χ1n) is 7.63. The fourth-order valence-corrected chi connectivity index (χ4v) is 3.76. The average Bonchev–Trinajstić information content (AvgIpc) is 3.06. The van der Waals surface area contributed by atoms with E-state index in [1.165, 1.54) is 11.3 Å². The van der Waals surface area contributed by atoms with Crippen LogP contribution < -0.4 is 10.9 Å². The number of rotatable bonds is 3. The lowest BCUT2D eigenvalue weighted by atomic mass is 10.1. The molecule has 6 heteroatoms. The minimum atomic E-state index is -0.396. The Morgan fingerprint density at radius 1 is 1.16 bits per heavy atom. The fourth-order valence-electron chi connectivity index (χ4n) is 2.57. The molecule has 0 saturated heterocycles. The highest BCUT2D eigenvalue weighted by Gasteiger charge is 2.13. The number of aryl methyl sites for hydroxylation is 1. The number of benzene rings is 2. The van der Waals surface area contributed by atoms with E-state index in [9.17, 15) is 4.79 Å². The molecule has 1 N–H and O–H groups in total. The Hall–Kier alpha value is -2.44. The Morgan fingerprint density at radius 2 is 2.00 bits per heavy atom. The largest absolute Gasteiger partial charge is 0.421 e. The summed E-state index contributed by atoms with van der Waals surface area (Å²) in [5.74, 6) is 0. The van der Waals surface area contributed by atoms with Crippen LogP contribution in [0.1, 0.15) is 5.56 Å². The molecule has 2 aromatic heterocycles. The van der Waals surface area contributed by atoms with Gasteiger partial charge in [-0.05, 0) is 46.6 Å². The van der Waals surface area contributed by atoms with Gasteiger partial charge in [-0.1, -0.05) is 30.3 Å². The number of halogens is 1. The second-order valence-electron chi connectivity index (χ2n) is 5.58. The summed E-state index contributed by atoms with van der Waals surface area (Å²) >= 11 is 4.86. The Kier molecular flexibility index (Phi) is 4.15. The molecule has 0 spiro atoms. The zero-order valence-electron chi connectivity index (χ0n) is 13.2. The van der Waals surface area contributed by atoms with Crippen LogP contribution in [0.4, 0.5) is 10.8 Å². The Bertz CT molecular complexity index is 1130. The summed E-state index contributed by atoms with van der Waals surface area (Å²) in [7, 11) is 0. The molecule has 0 bridgehead atoms. The molecule has 0 unspecified atom stereocenters.